The van der Waals surface area contributed by atoms with Crippen LogP contribution in [0.3, 0.4) is 0 Å². The number of rotatable bonds is 5. The molecule has 0 spiro atoms. The summed E-state index contributed by atoms with van der Waals surface area (Å²) in [4.78, 5) is 17.8. The van der Waals surface area contributed by atoms with Crippen LogP contribution in [-0.4, -0.2) is 24.1 Å². The predicted molar refractivity (Wildman–Crippen MR) is 98.8 cm³/mol. The van der Waals surface area contributed by atoms with E-state index in [1.54, 1.807) is 10.8 Å². The molecule has 0 atom stereocenters. The van der Waals surface area contributed by atoms with Gasteiger partial charge < -0.3 is 4.57 Å². The first-order valence-corrected chi connectivity index (χ1v) is 9.88. The van der Waals surface area contributed by atoms with Gasteiger partial charge in [0.05, 0.1) is 5.52 Å². The van der Waals surface area contributed by atoms with Crippen LogP contribution in [0.4, 0.5) is 0 Å². The number of unbranched alkanes of at least 4 members (excludes halogenated alkanes) is 1. The van der Waals surface area contributed by atoms with Crippen LogP contribution in [0.15, 0.2) is 21.5 Å². The topological polar surface area (TPSA) is 65.1 Å². The Bertz CT molecular complexity index is 1040. The van der Waals surface area contributed by atoms with Gasteiger partial charge in [-0.2, -0.15) is 0 Å². The van der Waals surface area contributed by atoms with E-state index in [4.69, 9.17) is 0 Å². The summed E-state index contributed by atoms with van der Waals surface area (Å²) in [5.74, 6) is 1.65. The number of aryl methyl sites for hydroxylation is 1. The summed E-state index contributed by atoms with van der Waals surface area (Å²) in [7, 11) is 0. The van der Waals surface area contributed by atoms with Crippen molar-refractivity contribution in [3.63, 3.8) is 0 Å². The quantitative estimate of drug-likeness (QED) is 0.656. The Labute approximate surface area is 153 Å². The molecule has 2 aliphatic carbocycles. The Hall–Kier alpha value is -1.76. The number of aromatic nitrogens is 5. The number of hydrogen-bond acceptors (Lipinski definition) is 4. The summed E-state index contributed by atoms with van der Waals surface area (Å²) < 4.78 is 4.63. The van der Waals surface area contributed by atoms with Crippen molar-refractivity contribution in [3.05, 3.63) is 32.9 Å². The zero-order valence-electron chi connectivity index (χ0n) is 14.2. The highest BCUT2D eigenvalue weighted by Crippen LogP contribution is 2.61. The number of halogens is 1. The van der Waals surface area contributed by atoms with Gasteiger partial charge in [0.15, 0.2) is 5.65 Å². The molecule has 0 amide bonds. The maximum atomic E-state index is 13.1. The minimum Gasteiger partial charge on any atom is -0.302 e. The maximum absolute atomic E-state index is 13.1. The first kappa shape index (κ1) is 15.5. The first-order valence-electron chi connectivity index (χ1n) is 9.09. The molecule has 2 aliphatic rings. The lowest BCUT2D eigenvalue weighted by Gasteiger charge is -2.15. The van der Waals surface area contributed by atoms with E-state index in [0.29, 0.717) is 18.1 Å². The molecule has 130 valence electrons. The normalized spacial score (nSPS) is 19.0. The van der Waals surface area contributed by atoms with Crippen LogP contribution in [0.1, 0.15) is 51.3 Å². The van der Waals surface area contributed by atoms with E-state index >= 15 is 0 Å². The van der Waals surface area contributed by atoms with Crippen molar-refractivity contribution in [2.75, 3.05) is 0 Å². The van der Waals surface area contributed by atoms with Gasteiger partial charge in [0, 0.05) is 22.6 Å². The number of hydrogen-bond donors (Lipinski definition) is 0. The second-order valence-corrected chi connectivity index (χ2v) is 8.34. The molecule has 5 rings (SSSR count). The van der Waals surface area contributed by atoms with Crippen molar-refractivity contribution >= 4 is 32.7 Å². The van der Waals surface area contributed by atoms with Gasteiger partial charge in [-0.15, -0.1) is 10.2 Å². The van der Waals surface area contributed by atoms with Gasteiger partial charge >= 0.3 is 0 Å². The summed E-state index contributed by atoms with van der Waals surface area (Å²) in [5.41, 5.74) is 2.13. The molecule has 0 unspecified atom stereocenters. The van der Waals surface area contributed by atoms with Crippen LogP contribution in [0, 0.1) is 5.92 Å². The van der Waals surface area contributed by atoms with Crippen LogP contribution in [0.2, 0.25) is 0 Å². The van der Waals surface area contributed by atoms with Crippen LogP contribution >= 0.6 is 15.9 Å². The molecular weight excluding hydrogens is 382 g/mol. The van der Waals surface area contributed by atoms with Gasteiger partial charge in [0.2, 0.25) is 5.65 Å². The van der Waals surface area contributed by atoms with Gasteiger partial charge in [0.25, 0.3) is 5.56 Å². The number of pyridine rings is 1. The molecule has 0 saturated heterocycles. The fraction of sp³-hybridized carbons (Fsp3) is 0.556. The second-order valence-electron chi connectivity index (χ2n) is 7.42. The van der Waals surface area contributed by atoms with Crippen LogP contribution in [0.5, 0.6) is 0 Å². The molecule has 2 saturated carbocycles. The van der Waals surface area contributed by atoms with Gasteiger partial charge in [-0.25, -0.2) is 4.98 Å². The standard InChI is InChI=1S/C18H20BrN5O/c1-2-3-8-23-13-9-12(19)10-20-14(13)24-15(16(23)25)21-22-17(24)18(6-7-18)11-4-5-11/h9-11H,2-8H2,1H3. The molecule has 3 heterocycles. The average Bonchev–Trinajstić information content (AvgIpc) is 3.51. The highest BCUT2D eigenvalue weighted by atomic mass is 79.9. The van der Waals surface area contributed by atoms with E-state index in [2.05, 4.69) is 38.0 Å². The van der Waals surface area contributed by atoms with Crippen molar-refractivity contribution in [2.45, 2.75) is 57.4 Å². The summed E-state index contributed by atoms with van der Waals surface area (Å²) in [6.45, 7) is 2.80. The summed E-state index contributed by atoms with van der Waals surface area (Å²) in [6.07, 6.45) is 8.59. The van der Waals surface area contributed by atoms with Crippen molar-refractivity contribution in [2.24, 2.45) is 5.92 Å². The Morgan fingerprint density at radius 3 is 2.76 bits per heavy atom. The minimum atomic E-state index is -0.0637. The van der Waals surface area contributed by atoms with E-state index in [1.165, 1.54) is 12.8 Å². The van der Waals surface area contributed by atoms with E-state index in [0.717, 1.165) is 47.1 Å². The van der Waals surface area contributed by atoms with Crippen molar-refractivity contribution in [1.82, 2.24) is 24.1 Å². The Balaban J connectivity index is 1.84. The zero-order chi connectivity index (χ0) is 17.2. The van der Waals surface area contributed by atoms with Crippen LogP contribution < -0.4 is 5.56 Å². The van der Waals surface area contributed by atoms with Crippen molar-refractivity contribution in [1.29, 1.82) is 0 Å². The molecule has 6 nitrogen and oxygen atoms in total. The molecule has 3 aromatic rings. The summed E-state index contributed by atoms with van der Waals surface area (Å²) >= 11 is 3.50. The third kappa shape index (κ3) is 2.21. The SMILES string of the molecule is CCCCn1c(=O)c2nnc(C3(C4CC4)CC3)n2c2ncc(Br)cc21. The minimum absolute atomic E-state index is 0.0637. The smallest absolute Gasteiger partial charge is 0.296 e. The predicted octanol–water partition coefficient (Wildman–Crippen LogP) is 3.44. The average molecular weight is 402 g/mol. The molecule has 25 heavy (non-hydrogen) atoms. The van der Waals surface area contributed by atoms with Crippen LogP contribution in [0.25, 0.3) is 16.8 Å². The largest absolute Gasteiger partial charge is 0.302 e. The lowest BCUT2D eigenvalue weighted by molar-refractivity contribution is 0.552. The first-order chi connectivity index (χ1) is 12.2. The molecule has 7 heteroatoms. The maximum Gasteiger partial charge on any atom is 0.296 e. The summed E-state index contributed by atoms with van der Waals surface area (Å²) in [5, 5.41) is 8.80. The van der Waals surface area contributed by atoms with Gasteiger partial charge in [-0.1, -0.05) is 13.3 Å². The van der Waals surface area contributed by atoms with Crippen molar-refractivity contribution < 1.29 is 0 Å². The fourth-order valence-corrected chi connectivity index (χ4v) is 4.41. The molecule has 3 aromatic heterocycles. The highest BCUT2D eigenvalue weighted by Gasteiger charge is 2.58. The zero-order valence-corrected chi connectivity index (χ0v) is 15.8. The molecule has 0 N–H and O–H groups in total. The third-order valence-corrected chi connectivity index (χ3v) is 6.18. The Morgan fingerprint density at radius 2 is 2.08 bits per heavy atom. The molecule has 0 bridgehead atoms. The molecular formula is C18H20BrN5O. The van der Waals surface area contributed by atoms with Crippen LogP contribution in [-0.2, 0) is 12.0 Å². The van der Waals surface area contributed by atoms with Gasteiger partial charge in [-0.3, -0.25) is 9.20 Å². The number of nitrogens with zero attached hydrogens (tertiary/aromatic N) is 5. The molecule has 0 aromatic carbocycles. The highest BCUT2D eigenvalue weighted by molar-refractivity contribution is 9.10. The van der Waals surface area contributed by atoms with Crippen molar-refractivity contribution in [3.8, 4) is 0 Å². The number of fused-ring (bicyclic) bond motifs is 3. The molecule has 0 radical (unpaired) electrons. The Kier molecular flexibility index (Phi) is 3.33. The van der Waals surface area contributed by atoms with E-state index in [9.17, 15) is 4.79 Å². The van der Waals surface area contributed by atoms with E-state index < -0.39 is 0 Å². The summed E-state index contributed by atoms with van der Waals surface area (Å²) in [6, 6.07) is 1.99. The van der Waals surface area contributed by atoms with E-state index in [-0.39, 0.29) is 11.0 Å². The monoisotopic (exact) mass is 401 g/mol. The Morgan fingerprint density at radius 1 is 1.28 bits per heavy atom. The second kappa shape index (κ2) is 5.37. The lowest BCUT2D eigenvalue weighted by Crippen LogP contribution is -2.25. The van der Waals surface area contributed by atoms with Gasteiger partial charge in [-0.05, 0) is 60.0 Å². The lowest BCUT2D eigenvalue weighted by atomic mass is 10.00. The molecule has 2 fully saturated rings. The molecule has 0 aliphatic heterocycles. The van der Waals surface area contributed by atoms with E-state index in [1.807, 2.05) is 10.5 Å². The fourth-order valence-electron chi connectivity index (χ4n) is 4.09. The third-order valence-electron chi connectivity index (χ3n) is 5.74. The van der Waals surface area contributed by atoms with Gasteiger partial charge in [0.1, 0.15) is 5.82 Å².